The molecule has 2 heteroatoms. The fraction of sp³-hybridized carbons (Fsp3) is 0.500. The zero-order valence-electron chi connectivity index (χ0n) is 7.20. The second kappa shape index (κ2) is 5.72. The second-order valence-corrected chi connectivity index (χ2v) is 2.84. The predicted octanol–water partition coefficient (Wildman–Crippen LogP) is 2.22. The minimum absolute atomic E-state index is 0.0578. The molecule has 65 valence electrons. The summed E-state index contributed by atoms with van der Waals surface area (Å²) in [5.74, 6) is 0. The van der Waals surface area contributed by atoms with Crippen molar-refractivity contribution in [3.63, 3.8) is 0 Å². The molecule has 0 atom stereocenters. The number of aryl methyl sites for hydroxylation is 1. The first-order valence-electron chi connectivity index (χ1n) is 4.41. The van der Waals surface area contributed by atoms with Gasteiger partial charge in [-0.05, 0) is 31.4 Å². The highest BCUT2D eigenvalue weighted by atomic mass is 16.2. The summed E-state index contributed by atoms with van der Waals surface area (Å²) in [6, 6.07) is 5.94. The highest BCUT2D eigenvalue weighted by Crippen LogP contribution is 2.02. The smallest absolute Gasteiger partial charge is 0.0822 e. The van der Waals surface area contributed by atoms with Crippen LogP contribution in [-0.4, -0.2) is 11.6 Å². The van der Waals surface area contributed by atoms with E-state index in [2.05, 4.69) is 4.98 Å². The number of unbranched alkanes of at least 4 members (excludes halogenated alkanes) is 2. The minimum Gasteiger partial charge on any atom is -0.261 e. The van der Waals surface area contributed by atoms with Gasteiger partial charge < -0.3 is 0 Å². The molecular formula is C10H14NO. The molecule has 1 rings (SSSR count). The van der Waals surface area contributed by atoms with Crippen molar-refractivity contribution in [2.75, 3.05) is 6.61 Å². The maximum absolute atomic E-state index is 10.1. The normalized spacial score (nSPS) is 10.1. The molecule has 0 amide bonds. The van der Waals surface area contributed by atoms with E-state index in [9.17, 15) is 5.11 Å². The topological polar surface area (TPSA) is 32.8 Å². The van der Waals surface area contributed by atoms with E-state index in [0.717, 1.165) is 31.4 Å². The van der Waals surface area contributed by atoms with Crippen LogP contribution in [0.25, 0.3) is 0 Å². The van der Waals surface area contributed by atoms with Crippen molar-refractivity contribution in [2.24, 2.45) is 0 Å². The Balaban J connectivity index is 2.16. The fourth-order valence-corrected chi connectivity index (χ4v) is 1.13. The molecule has 1 heterocycles. The van der Waals surface area contributed by atoms with Gasteiger partial charge in [-0.3, -0.25) is 4.98 Å². The molecule has 12 heavy (non-hydrogen) atoms. The maximum atomic E-state index is 10.1. The average Bonchev–Trinajstić information content (AvgIpc) is 2.14. The van der Waals surface area contributed by atoms with Crippen molar-refractivity contribution in [2.45, 2.75) is 25.7 Å². The molecule has 0 saturated carbocycles. The Labute approximate surface area is 73.3 Å². The van der Waals surface area contributed by atoms with Gasteiger partial charge in [0.1, 0.15) is 0 Å². The first kappa shape index (κ1) is 9.20. The van der Waals surface area contributed by atoms with Crippen molar-refractivity contribution >= 4 is 0 Å². The van der Waals surface area contributed by atoms with Crippen LogP contribution in [0.5, 0.6) is 0 Å². The third kappa shape index (κ3) is 3.49. The van der Waals surface area contributed by atoms with E-state index in [1.54, 1.807) is 0 Å². The van der Waals surface area contributed by atoms with Gasteiger partial charge in [0.05, 0.1) is 6.61 Å². The lowest BCUT2D eigenvalue weighted by molar-refractivity contribution is 0.186. The molecule has 0 N–H and O–H groups in total. The lowest BCUT2D eigenvalue weighted by atomic mass is 10.1. The number of nitrogens with zero attached hydrogens (tertiary/aromatic N) is 1. The number of rotatable bonds is 5. The molecule has 0 aliphatic heterocycles. The molecule has 0 fully saturated rings. The summed E-state index contributed by atoms with van der Waals surface area (Å²) in [5, 5.41) is 10.1. The van der Waals surface area contributed by atoms with Gasteiger partial charge in [-0.1, -0.05) is 12.5 Å². The van der Waals surface area contributed by atoms with E-state index in [0.29, 0.717) is 0 Å². The van der Waals surface area contributed by atoms with Gasteiger partial charge in [-0.25, -0.2) is 5.11 Å². The lowest BCUT2D eigenvalue weighted by Gasteiger charge is -1.97. The Bertz CT molecular complexity index is 198. The Kier molecular flexibility index (Phi) is 4.39. The SMILES string of the molecule is [O]CCCCCc1ccccn1. The minimum atomic E-state index is 0.0578. The molecule has 1 aromatic rings. The Hall–Kier alpha value is -0.890. The molecule has 1 aromatic heterocycles. The van der Waals surface area contributed by atoms with E-state index < -0.39 is 0 Å². The van der Waals surface area contributed by atoms with Gasteiger partial charge in [-0.2, -0.15) is 0 Å². The molecule has 0 aliphatic rings. The number of hydrogen-bond acceptors (Lipinski definition) is 1. The van der Waals surface area contributed by atoms with Gasteiger partial charge in [0.2, 0.25) is 0 Å². The summed E-state index contributed by atoms with van der Waals surface area (Å²) in [7, 11) is 0. The highest BCUT2D eigenvalue weighted by Gasteiger charge is 1.92. The summed E-state index contributed by atoms with van der Waals surface area (Å²) in [6.45, 7) is 0.0578. The predicted molar refractivity (Wildman–Crippen MR) is 47.3 cm³/mol. The van der Waals surface area contributed by atoms with Gasteiger partial charge in [-0.15, -0.1) is 0 Å². The Morgan fingerprint density at radius 3 is 2.75 bits per heavy atom. The molecule has 0 aliphatic carbocycles. The highest BCUT2D eigenvalue weighted by molar-refractivity contribution is 5.03. The molecular weight excluding hydrogens is 150 g/mol. The van der Waals surface area contributed by atoms with E-state index in [-0.39, 0.29) is 6.61 Å². The molecule has 0 spiro atoms. The molecule has 0 unspecified atom stereocenters. The van der Waals surface area contributed by atoms with Gasteiger partial charge in [0, 0.05) is 11.9 Å². The average molecular weight is 164 g/mol. The van der Waals surface area contributed by atoms with Crippen molar-refractivity contribution < 1.29 is 5.11 Å². The summed E-state index contributed by atoms with van der Waals surface area (Å²) in [6.07, 6.45) is 5.72. The molecule has 2 nitrogen and oxygen atoms in total. The first-order chi connectivity index (χ1) is 5.93. The van der Waals surface area contributed by atoms with Crippen LogP contribution in [0.15, 0.2) is 24.4 Å². The largest absolute Gasteiger partial charge is 0.261 e. The van der Waals surface area contributed by atoms with Crippen LogP contribution in [0, 0.1) is 0 Å². The zero-order valence-corrected chi connectivity index (χ0v) is 7.20. The molecule has 1 radical (unpaired) electrons. The summed E-state index contributed by atoms with van der Waals surface area (Å²) in [4.78, 5) is 4.20. The summed E-state index contributed by atoms with van der Waals surface area (Å²) in [5.41, 5.74) is 1.13. The Morgan fingerprint density at radius 2 is 2.08 bits per heavy atom. The van der Waals surface area contributed by atoms with Crippen LogP contribution in [0.2, 0.25) is 0 Å². The third-order valence-electron chi connectivity index (χ3n) is 1.80. The Morgan fingerprint density at radius 1 is 1.17 bits per heavy atom. The summed E-state index contributed by atoms with van der Waals surface area (Å²) >= 11 is 0. The van der Waals surface area contributed by atoms with Crippen LogP contribution in [-0.2, 0) is 11.5 Å². The summed E-state index contributed by atoms with van der Waals surface area (Å²) < 4.78 is 0. The molecule has 0 bridgehead atoms. The van der Waals surface area contributed by atoms with Crippen molar-refractivity contribution in [3.8, 4) is 0 Å². The monoisotopic (exact) mass is 164 g/mol. The number of hydrogen-bond donors (Lipinski definition) is 0. The van der Waals surface area contributed by atoms with Crippen molar-refractivity contribution in [3.05, 3.63) is 30.1 Å². The number of aromatic nitrogens is 1. The van der Waals surface area contributed by atoms with E-state index in [1.807, 2.05) is 24.4 Å². The third-order valence-corrected chi connectivity index (χ3v) is 1.80. The fourth-order valence-electron chi connectivity index (χ4n) is 1.13. The first-order valence-corrected chi connectivity index (χ1v) is 4.41. The lowest BCUT2D eigenvalue weighted by Crippen LogP contribution is -1.89. The van der Waals surface area contributed by atoms with Gasteiger partial charge >= 0.3 is 0 Å². The van der Waals surface area contributed by atoms with E-state index in [4.69, 9.17) is 0 Å². The molecule has 0 saturated heterocycles. The van der Waals surface area contributed by atoms with Crippen LogP contribution in [0.4, 0.5) is 0 Å². The van der Waals surface area contributed by atoms with E-state index >= 15 is 0 Å². The standard InChI is InChI=1S/C10H14NO/c12-9-5-1-2-6-10-7-3-4-8-11-10/h3-4,7-8H,1-2,5-6,9H2. The van der Waals surface area contributed by atoms with E-state index in [1.165, 1.54) is 0 Å². The quantitative estimate of drug-likeness (QED) is 0.614. The van der Waals surface area contributed by atoms with Gasteiger partial charge in [0.15, 0.2) is 0 Å². The van der Waals surface area contributed by atoms with Crippen molar-refractivity contribution in [1.82, 2.24) is 4.98 Å². The second-order valence-electron chi connectivity index (χ2n) is 2.84. The van der Waals surface area contributed by atoms with Crippen LogP contribution < -0.4 is 0 Å². The number of pyridine rings is 1. The van der Waals surface area contributed by atoms with Crippen LogP contribution in [0.3, 0.4) is 0 Å². The molecule has 0 aromatic carbocycles. The van der Waals surface area contributed by atoms with Crippen LogP contribution in [0.1, 0.15) is 25.0 Å². The van der Waals surface area contributed by atoms with Crippen LogP contribution >= 0.6 is 0 Å². The van der Waals surface area contributed by atoms with Gasteiger partial charge in [0.25, 0.3) is 0 Å². The maximum Gasteiger partial charge on any atom is 0.0822 e. The zero-order chi connectivity index (χ0) is 8.65. The van der Waals surface area contributed by atoms with Crippen molar-refractivity contribution in [1.29, 1.82) is 0 Å².